The second-order valence-corrected chi connectivity index (χ2v) is 8.29. The van der Waals surface area contributed by atoms with E-state index in [-0.39, 0.29) is 17.2 Å². The van der Waals surface area contributed by atoms with E-state index in [2.05, 4.69) is 10.1 Å². The Morgan fingerprint density at radius 2 is 1.82 bits per heavy atom. The molecule has 0 saturated carbocycles. The fourth-order valence-electron chi connectivity index (χ4n) is 4.08. The summed E-state index contributed by atoms with van der Waals surface area (Å²) in [5.74, 6) is -0.310. The lowest BCUT2D eigenvalue weighted by atomic mass is 10.1. The average molecular weight is 457 g/mol. The molecule has 1 N–H and O–H groups in total. The second kappa shape index (κ2) is 8.22. The van der Waals surface area contributed by atoms with Gasteiger partial charge in [0.1, 0.15) is 5.52 Å². The summed E-state index contributed by atoms with van der Waals surface area (Å²) >= 11 is 6.19. The van der Waals surface area contributed by atoms with E-state index in [9.17, 15) is 9.59 Å². The molecule has 7 heteroatoms. The minimum absolute atomic E-state index is 0.199. The number of aromatic amines is 1. The van der Waals surface area contributed by atoms with E-state index in [0.717, 1.165) is 16.5 Å². The molecule has 0 fully saturated rings. The van der Waals surface area contributed by atoms with Crippen molar-refractivity contribution in [3.05, 3.63) is 99.4 Å². The van der Waals surface area contributed by atoms with Gasteiger partial charge in [0.25, 0.3) is 11.5 Å². The van der Waals surface area contributed by atoms with Crippen LogP contribution in [0.4, 0.5) is 5.69 Å². The van der Waals surface area contributed by atoms with Crippen molar-refractivity contribution in [1.82, 2.24) is 14.8 Å². The quantitative estimate of drug-likeness (QED) is 0.388. The molecule has 0 bridgehead atoms. The van der Waals surface area contributed by atoms with Gasteiger partial charge in [-0.2, -0.15) is 9.78 Å². The van der Waals surface area contributed by atoms with Crippen molar-refractivity contribution in [2.24, 2.45) is 0 Å². The largest absolute Gasteiger partial charge is 0.350 e. The van der Waals surface area contributed by atoms with E-state index in [1.54, 1.807) is 23.1 Å². The molecule has 164 valence electrons. The van der Waals surface area contributed by atoms with Crippen molar-refractivity contribution < 1.29 is 4.79 Å². The third-order valence-electron chi connectivity index (χ3n) is 5.71. The van der Waals surface area contributed by atoms with E-state index < -0.39 is 0 Å². The third-order valence-corrected chi connectivity index (χ3v) is 5.95. The Morgan fingerprint density at radius 1 is 1.06 bits per heavy atom. The Labute approximate surface area is 195 Å². The van der Waals surface area contributed by atoms with Crippen molar-refractivity contribution in [1.29, 1.82) is 0 Å². The number of para-hydroxylation sites is 1. The molecule has 0 atom stereocenters. The monoisotopic (exact) mass is 456 g/mol. The molecule has 3 aromatic carbocycles. The summed E-state index contributed by atoms with van der Waals surface area (Å²) in [6, 6.07) is 22.1. The number of halogens is 1. The standard InChI is InChI=1S/C26H21ClN4O2/c1-3-30(19-8-6-7-17(27)15-19)25(32)24-22-20-9-4-5-10-21(20)28-23(22)26(33)31(29-24)18-13-11-16(2)12-14-18/h4-15,28H,3H2,1-2H3. The lowest BCUT2D eigenvalue weighted by molar-refractivity contribution is 0.0983. The molecule has 0 aliphatic rings. The van der Waals surface area contributed by atoms with Crippen molar-refractivity contribution in [2.75, 3.05) is 11.4 Å². The normalized spacial score (nSPS) is 11.2. The third kappa shape index (κ3) is 3.58. The highest BCUT2D eigenvalue weighted by Crippen LogP contribution is 2.28. The van der Waals surface area contributed by atoms with Gasteiger partial charge in [-0.3, -0.25) is 9.59 Å². The van der Waals surface area contributed by atoms with Gasteiger partial charge in [-0.25, -0.2) is 0 Å². The number of aryl methyl sites for hydroxylation is 1. The van der Waals surface area contributed by atoms with E-state index in [0.29, 0.717) is 33.8 Å². The molecule has 0 radical (unpaired) electrons. The number of carbonyl (C=O) groups is 1. The SMILES string of the molecule is CCN(C(=O)c1nn(-c2ccc(C)cc2)c(=O)c2[nH]c3ccccc3c12)c1cccc(Cl)c1. The van der Waals surface area contributed by atoms with Gasteiger partial charge in [0.05, 0.1) is 5.69 Å². The molecule has 0 spiro atoms. The minimum atomic E-state index is -0.313. The van der Waals surface area contributed by atoms with Gasteiger partial charge in [0.2, 0.25) is 0 Å². The lowest BCUT2D eigenvalue weighted by Gasteiger charge is -2.21. The van der Waals surface area contributed by atoms with Crippen LogP contribution in [-0.4, -0.2) is 27.2 Å². The van der Waals surface area contributed by atoms with Gasteiger partial charge in [0.15, 0.2) is 5.69 Å². The van der Waals surface area contributed by atoms with Crippen molar-refractivity contribution in [3.63, 3.8) is 0 Å². The van der Waals surface area contributed by atoms with Crippen LogP contribution in [0.15, 0.2) is 77.6 Å². The maximum absolute atomic E-state index is 13.9. The zero-order valence-electron chi connectivity index (χ0n) is 18.2. The number of benzene rings is 3. The number of anilines is 1. The highest BCUT2D eigenvalue weighted by atomic mass is 35.5. The maximum Gasteiger partial charge on any atom is 0.295 e. The number of hydrogen-bond donors (Lipinski definition) is 1. The first-order chi connectivity index (χ1) is 16.0. The van der Waals surface area contributed by atoms with Crippen LogP contribution >= 0.6 is 11.6 Å². The zero-order valence-corrected chi connectivity index (χ0v) is 18.9. The van der Waals surface area contributed by atoms with Crippen LogP contribution in [0.2, 0.25) is 5.02 Å². The summed E-state index contributed by atoms with van der Waals surface area (Å²) in [5.41, 5.74) is 3.32. The van der Waals surface area contributed by atoms with E-state index >= 15 is 0 Å². The summed E-state index contributed by atoms with van der Waals surface area (Å²) < 4.78 is 1.29. The first kappa shape index (κ1) is 21.0. The van der Waals surface area contributed by atoms with Crippen molar-refractivity contribution in [3.8, 4) is 5.69 Å². The molecule has 0 saturated heterocycles. The topological polar surface area (TPSA) is 71.0 Å². The summed E-state index contributed by atoms with van der Waals surface area (Å²) in [5, 5.41) is 6.43. The molecular weight excluding hydrogens is 436 g/mol. The fraction of sp³-hybridized carbons (Fsp3) is 0.115. The van der Waals surface area contributed by atoms with Crippen LogP contribution in [0, 0.1) is 6.92 Å². The highest BCUT2D eigenvalue weighted by molar-refractivity contribution is 6.31. The number of hydrogen-bond acceptors (Lipinski definition) is 3. The molecule has 5 rings (SSSR count). The van der Waals surface area contributed by atoms with Crippen LogP contribution in [0.5, 0.6) is 0 Å². The Morgan fingerprint density at radius 3 is 2.55 bits per heavy atom. The molecule has 0 unspecified atom stereocenters. The molecule has 6 nitrogen and oxygen atoms in total. The van der Waals surface area contributed by atoms with Gasteiger partial charge in [-0.05, 0) is 50.2 Å². The number of H-pyrrole nitrogens is 1. The van der Waals surface area contributed by atoms with Crippen molar-refractivity contribution >= 4 is 45.0 Å². The van der Waals surface area contributed by atoms with Crippen LogP contribution in [0.1, 0.15) is 23.0 Å². The number of fused-ring (bicyclic) bond motifs is 3. The molecule has 0 aliphatic heterocycles. The maximum atomic E-state index is 13.9. The number of carbonyl (C=O) groups excluding carboxylic acids is 1. The number of amides is 1. The van der Waals surface area contributed by atoms with E-state index in [1.165, 1.54) is 4.68 Å². The Balaban J connectivity index is 1.81. The highest BCUT2D eigenvalue weighted by Gasteiger charge is 2.25. The van der Waals surface area contributed by atoms with Crippen LogP contribution in [-0.2, 0) is 0 Å². The van der Waals surface area contributed by atoms with Gasteiger partial charge in [0, 0.05) is 33.5 Å². The zero-order chi connectivity index (χ0) is 23.1. The Hall–Kier alpha value is -3.90. The predicted octanol–water partition coefficient (Wildman–Crippen LogP) is 5.50. The van der Waals surface area contributed by atoms with Gasteiger partial charge >= 0.3 is 0 Å². The van der Waals surface area contributed by atoms with Crippen molar-refractivity contribution in [2.45, 2.75) is 13.8 Å². The number of aromatic nitrogens is 3. The Kier molecular flexibility index (Phi) is 5.23. The van der Waals surface area contributed by atoms with Gasteiger partial charge in [-0.1, -0.05) is 53.6 Å². The van der Waals surface area contributed by atoms with Crippen LogP contribution < -0.4 is 10.5 Å². The molecule has 33 heavy (non-hydrogen) atoms. The second-order valence-electron chi connectivity index (χ2n) is 7.85. The molecule has 2 aromatic heterocycles. The summed E-state index contributed by atoms with van der Waals surface area (Å²) in [7, 11) is 0. The number of nitrogens with one attached hydrogen (secondary N) is 1. The number of rotatable bonds is 4. The predicted molar refractivity (Wildman–Crippen MR) is 133 cm³/mol. The molecule has 5 aromatic rings. The van der Waals surface area contributed by atoms with Crippen LogP contribution in [0.3, 0.4) is 0 Å². The van der Waals surface area contributed by atoms with E-state index in [1.807, 2.05) is 68.4 Å². The number of nitrogens with zero attached hydrogens (tertiary/aromatic N) is 3. The Bertz CT molecular complexity index is 1570. The average Bonchev–Trinajstić information content (AvgIpc) is 3.21. The fourth-order valence-corrected chi connectivity index (χ4v) is 4.26. The van der Waals surface area contributed by atoms with E-state index in [4.69, 9.17) is 11.6 Å². The first-order valence-electron chi connectivity index (χ1n) is 10.7. The summed E-state index contributed by atoms with van der Waals surface area (Å²) in [4.78, 5) is 32.1. The summed E-state index contributed by atoms with van der Waals surface area (Å²) in [6.07, 6.45) is 0. The lowest BCUT2D eigenvalue weighted by Crippen LogP contribution is -2.34. The van der Waals surface area contributed by atoms with Gasteiger partial charge in [-0.15, -0.1) is 0 Å². The molecule has 0 aliphatic carbocycles. The smallest absolute Gasteiger partial charge is 0.295 e. The first-order valence-corrected chi connectivity index (χ1v) is 11.0. The molecule has 2 heterocycles. The molecular formula is C26H21ClN4O2. The minimum Gasteiger partial charge on any atom is -0.350 e. The van der Waals surface area contributed by atoms with Crippen LogP contribution in [0.25, 0.3) is 27.5 Å². The molecule has 1 amide bonds. The summed E-state index contributed by atoms with van der Waals surface area (Å²) in [6.45, 7) is 4.27. The van der Waals surface area contributed by atoms with Gasteiger partial charge < -0.3 is 9.88 Å².